The number of alkyl carbamates (subject to hydrolysis) is 1. The SMILES string of the molecule is CC/N=C(/NC(=O)OC(C)(C)C)Nc1ccc(N(C)Cc2ccccc2)c(CN(C(=O)OC(C)(C)C)C(=O)OC(C)(C)C)c1. The summed E-state index contributed by atoms with van der Waals surface area (Å²) < 4.78 is 16.6. The molecule has 0 bridgehead atoms. The molecule has 3 amide bonds. The van der Waals surface area contributed by atoms with Gasteiger partial charge in [0.1, 0.15) is 16.8 Å². The molecule has 242 valence electrons. The predicted molar refractivity (Wildman–Crippen MR) is 174 cm³/mol. The number of aliphatic imine (C=N–C) groups is 1. The molecule has 0 radical (unpaired) electrons. The average molecular weight is 612 g/mol. The van der Waals surface area contributed by atoms with Crippen molar-refractivity contribution in [2.75, 3.05) is 23.8 Å². The molecule has 0 spiro atoms. The van der Waals surface area contributed by atoms with Crippen molar-refractivity contribution in [3.63, 3.8) is 0 Å². The van der Waals surface area contributed by atoms with Gasteiger partial charge in [-0.25, -0.2) is 19.3 Å². The van der Waals surface area contributed by atoms with Crippen LogP contribution in [0.1, 0.15) is 80.4 Å². The van der Waals surface area contributed by atoms with Gasteiger partial charge in [-0.15, -0.1) is 0 Å². The molecule has 2 N–H and O–H groups in total. The highest BCUT2D eigenvalue weighted by Crippen LogP contribution is 2.28. The van der Waals surface area contributed by atoms with Gasteiger partial charge in [0.2, 0.25) is 5.96 Å². The van der Waals surface area contributed by atoms with Crippen molar-refractivity contribution in [3.05, 3.63) is 59.7 Å². The minimum atomic E-state index is -0.841. The van der Waals surface area contributed by atoms with Gasteiger partial charge in [0, 0.05) is 31.5 Å². The number of carbonyl (C=O) groups excluding carboxylic acids is 3. The van der Waals surface area contributed by atoms with Gasteiger partial charge in [0.15, 0.2) is 0 Å². The van der Waals surface area contributed by atoms with Gasteiger partial charge in [-0.2, -0.15) is 0 Å². The van der Waals surface area contributed by atoms with Gasteiger partial charge in [0.05, 0.1) is 6.54 Å². The summed E-state index contributed by atoms with van der Waals surface area (Å²) >= 11 is 0. The lowest BCUT2D eigenvalue weighted by Crippen LogP contribution is -2.43. The third-order valence-corrected chi connectivity index (χ3v) is 5.51. The van der Waals surface area contributed by atoms with Gasteiger partial charge in [-0.05, 0) is 98.6 Å². The monoisotopic (exact) mass is 611 g/mol. The maximum Gasteiger partial charge on any atom is 0.420 e. The van der Waals surface area contributed by atoms with E-state index in [1.165, 1.54) is 0 Å². The van der Waals surface area contributed by atoms with Crippen LogP contribution in [-0.4, -0.2) is 59.5 Å². The van der Waals surface area contributed by atoms with Crippen molar-refractivity contribution in [3.8, 4) is 0 Å². The first-order chi connectivity index (χ1) is 20.3. The van der Waals surface area contributed by atoms with E-state index in [0.29, 0.717) is 24.3 Å². The Bertz CT molecular complexity index is 1280. The fraction of sp³-hybridized carbons (Fsp3) is 0.515. The highest BCUT2D eigenvalue weighted by molar-refractivity contribution is 6.02. The van der Waals surface area contributed by atoms with Crippen LogP contribution in [0.15, 0.2) is 53.5 Å². The lowest BCUT2D eigenvalue weighted by molar-refractivity contribution is -0.000270. The second kappa shape index (κ2) is 14.9. The quantitative estimate of drug-likeness (QED) is 0.190. The number of ether oxygens (including phenoxy) is 3. The molecule has 11 nitrogen and oxygen atoms in total. The van der Waals surface area contributed by atoms with E-state index in [4.69, 9.17) is 14.2 Å². The largest absolute Gasteiger partial charge is 0.444 e. The number of imide groups is 1. The topological polar surface area (TPSA) is 122 Å². The number of anilines is 2. The summed E-state index contributed by atoms with van der Waals surface area (Å²) in [5, 5.41) is 5.78. The molecule has 0 atom stereocenters. The van der Waals surface area contributed by atoms with Gasteiger partial charge in [-0.3, -0.25) is 10.3 Å². The Hall–Kier alpha value is -4.28. The zero-order valence-electron chi connectivity index (χ0n) is 28.0. The van der Waals surface area contributed by atoms with Crippen LogP contribution in [0.2, 0.25) is 0 Å². The zero-order valence-corrected chi connectivity index (χ0v) is 28.0. The van der Waals surface area contributed by atoms with Crippen LogP contribution in [0.25, 0.3) is 0 Å². The molecule has 0 fully saturated rings. The van der Waals surface area contributed by atoms with Crippen LogP contribution in [0.3, 0.4) is 0 Å². The van der Waals surface area contributed by atoms with Crippen molar-refractivity contribution in [2.24, 2.45) is 4.99 Å². The Morgan fingerprint density at radius 1 is 0.773 bits per heavy atom. The minimum absolute atomic E-state index is 0.145. The number of nitrogens with one attached hydrogen (secondary N) is 2. The second-order valence-electron chi connectivity index (χ2n) is 13.3. The van der Waals surface area contributed by atoms with E-state index in [1.54, 1.807) is 68.4 Å². The first kappa shape index (κ1) is 35.9. The van der Waals surface area contributed by atoms with Crippen LogP contribution < -0.4 is 15.5 Å². The molecule has 2 aromatic rings. The first-order valence-corrected chi connectivity index (χ1v) is 14.7. The van der Waals surface area contributed by atoms with E-state index >= 15 is 0 Å². The van der Waals surface area contributed by atoms with Gasteiger partial charge in [0.25, 0.3) is 0 Å². The average Bonchev–Trinajstić information content (AvgIpc) is 2.84. The molecular formula is C33H49N5O6. The normalized spacial score (nSPS) is 12.2. The maximum absolute atomic E-state index is 13.3. The molecule has 0 saturated heterocycles. The highest BCUT2D eigenvalue weighted by Gasteiger charge is 2.32. The summed E-state index contributed by atoms with van der Waals surface area (Å²) in [6, 6.07) is 15.4. The molecule has 0 aliphatic heterocycles. The fourth-order valence-electron chi connectivity index (χ4n) is 3.92. The summed E-state index contributed by atoms with van der Waals surface area (Å²) in [5.74, 6) is 0.189. The number of amides is 3. The van der Waals surface area contributed by atoms with E-state index in [-0.39, 0.29) is 12.5 Å². The smallest absolute Gasteiger partial charge is 0.420 e. The third-order valence-electron chi connectivity index (χ3n) is 5.51. The summed E-state index contributed by atoms with van der Waals surface area (Å²) in [6.45, 7) is 18.4. The summed E-state index contributed by atoms with van der Waals surface area (Å²) in [4.78, 5) is 46.5. The molecule has 44 heavy (non-hydrogen) atoms. The second-order valence-corrected chi connectivity index (χ2v) is 13.3. The molecular weight excluding hydrogens is 562 g/mol. The van der Waals surface area contributed by atoms with E-state index in [9.17, 15) is 14.4 Å². The van der Waals surface area contributed by atoms with E-state index in [0.717, 1.165) is 16.2 Å². The number of carbonyl (C=O) groups is 3. The molecule has 2 aromatic carbocycles. The van der Waals surface area contributed by atoms with Crippen LogP contribution in [-0.2, 0) is 27.3 Å². The number of guanidine groups is 1. The number of benzene rings is 2. The van der Waals surface area contributed by atoms with Crippen LogP contribution in [0.4, 0.5) is 25.8 Å². The Morgan fingerprint density at radius 2 is 1.32 bits per heavy atom. The lowest BCUT2D eigenvalue weighted by Gasteiger charge is -2.30. The van der Waals surface area contributed by atoms with Crippen LogP contribution >= 0.6 is 0 Å². The van der Waals surface area contributed by atoms with Crippen molar-refractivity contribution in [1.29, 1.82) is 0 Å². The zero-order chi connectivity index (χ0) is 33.3. The van der Waals surface area contributed by atoms with Crippen molar-refractivity contribution in [1.82, 2.24) is 10.2 Å². The summed E-state index contributed by atoms with van der Waals surface area (Å²) in [5.41, 5.74) is 0.668. The molecule has 0 aliphatic rings. The number of hydrogen-bond acceptors (Lipinski definition) is 8. The maximum atomic E-state index is 13.3. The van der Waals surface area contributed by atoms with E-state index in [1.807, 2.05) is 61.3 Å². The molecule has 11 heteroatoms. The van der Waals surface area contributed by atoms with Crippen molar-refractivity contribution >= 4 is 35.6 Å². The summed E-state index contributed by atoms with van der Waals surface area (Å²) in [7, 11) is 1.93. The van der Waals surface area contributed by atoms with Gasteiger partial charge in [-0.1, -0.05) is 30.3 Å². The van der Waals surface area contributed by atoms with Crippen LogP contribution in [0.5, 0.6) is 0 Å². The molecule has 0 aromatic heterocycles. The van der Waals surface area contributed by atoms with Gasteiger partial charge < -0.3 is 24.4 Å². The standard InChI is InChI=1S/C33H49N5O6/c1-12-34-27(36-28(39)42-31(2,3)4)35-25-18-19-26(37(11)21-23-16-14-13-15-17-23)24(20-25)22-38(29(40)43-32(5,6)7)30(41)44-33(8,9)10/h13-20H,12,21-22H2,1-11H3,(H2,34,35,36,39). The Labute approximate surface area is 261 Å². The first-order valence-electron chi connectivity index (χ1n) is 14.7. The number of rotatable bonds is 7. The third kappa shape index (κ3) is 12.9. The van der Waals surface area contributed by atoms with Crippen molar-refractivity contribution in [2.45, 2.75) is 99.1 Å². The Kier molecular flexibility index (Phi) is 12.2. The highest BCUT2D eigenvalue weighted by atomic mass is 16.6. The molecule has 2 rings (SSSR count). The Balaban J connectivity index is 2.54. The molecule has 0 unspecified atom stereocenters. The van der Waals surface area contributed by atoms with E-state index < -0.39 is 35.1 Å². The predicted octanol–water partition coefficient (Wildman–Crippen LogP) is 7.31. The molecule has 0 aliphatic carbocycles. The Morgan fingerprint density at radius 3 is 1.82 bits per heavy atom. The van der Waals surface area contributed by atoms with Crippen molar-refractivity contribution < 1.29 is 28.6 Å². The number of nitrogens with zero attached hydrogens (tertiary/aromatic N) is 3. The lowest BCUT2D eigenvalue weighted by atomic mass is 10.1. The minimum Gasteiger partial charge on any atom is -0.444 e. The van der Waals surface area contributed by atoms with E-state index in [2.05, 4.69) is 15.6 Å². The van der Waals surface area contributed by atoms with Gasteiger partial charge >= 0.3 is 18.3 Å². The fourth-order valence-corrected chi connectivity index (χ4v) is 3.92. The van der Waals surface area contributed by atoms with Crippen LogP contribution in [0, 0.1) is 0 Å². The molecule has 0 saturated carbocycles. The molecule has 0 heterocycles. The number of hydrogen-bond donors (Lipinski definition) is 2. The summed E-state index contributed by atoms with van der Waals surface area (Å²) in [6.07, 6.45) is -2.32.